The highest BCUT2D eigenvalue weighted by Crippen LogP contribution is 2.33. The number of hydrogen-bond donors (Lipinski definition) is 3. The molecule has 9 heteroatoms. The van der Waals surface area contributed by atoms with Crippen molar-refractivity contribution in [3.8, 4) is 11.5 Å². The van der Waals surface area contributed by atoms with Crippen molar-refractivity contribution in [3.63, 3.8) is 0 Å². The third kappa shape index (κ3) is 4.87. The molecule has 4 rings (SSSR count). The fourth-order valence-corrected chi connectivity index (χ4v) is 4.19. The average Bonchev–Trinajstić information content (AvgIpc) is 3.44. The van der Waals surface area contributed by atoms with Gasteiger partial charge in [0.1, 0.15) is 19.1 Å². The fraction of sp³-hybridized carbons (Fsp3) is 0.400. The molecule has 3 heterocycles. The van der Waals surface area contributed by atoms with Gasteiger partial charge in [0.25, 0.3) is 0 Å². The van der Waals surface area contributed by atoms with E-state index in [1.54, 1.807) is 0 Å². The van der Waals surface area contributed by atoms with Gasteiger partial charge in [0.2, 0.25) is 6.79 Å². The lowest BCUT2D eigenvalue weighted by molar-refractivity contribution is -0.937. The van der Waals surface area contributed by atoms with Crippen molar-refractivity contribution in [1.82, 2.24) is 10.6 Å². The number of benzene rings is 1. The molecule has 2 aliphatic rings. The summed E-state index contributed by atoms with van der Waals surface area (Å²) in [5.41, 5.74) is 1.03. The monoisotopic (exact) mass is 418 g/mol. The molecule has 2 aromatic rings. The second-order valence-corrected chi connectivity index (χ2v) is 7.94. The molecule has 0 spiro atoms. The number of amides is 2. The van der Waals surface area contributed by atoms with Crippen LogP contribution in [-0.2, 0) is 20.9 Å². The molecule has 0 radical (unpaired) electrons. The van der Waals surface area contributed by atoms with Gasteiger partial charge in [0, 0.05) is 10.4 Å². The Hall–Kier alpha value is -2.62. The maximum absolute atomic E-state index is 12.3. The quantitative estimate of drug-likeness (QED) is 0.569. The molecule has 0 unspecified atom stereocenters. The fourth-order valence-electron chi connectivity index (χ4n) is 3.55. The van der Waals surface area contributed by atoms with Crippen LogP contribution in [0.4, 0.5) is 0 Å². The molecule has 2 amide bonds. The molecule has 0 saturated carbocycles. The number of carbonyl (C=O) groups excluding carboxylic acids is 2. The lowest BCUT2D eigenvalue weighted by atomic mass is 10.0. The summed E-state index contributed by atoms with van der Waals surface area (Å²) in [6.07, 6.45) is 0. The minimum atomic E-state index is -0.625. The summed E-state index contributed by atoms with van der Waals surface area (Å²) in [7, 11) is 0. The molecule has 1 aromatic carbocycles. The number of rotatable bonds is 6. The largest absolute Gasteiger partial charge is 0.454 e. The normalized spacial score (nSPS) is 17.0. The van der Waals surface area contributed by atoms with Crippen molar-refractivity contribution in [3.05, 3.63) is 46.2 Å². The third-order valence-electron chi connectivity index (χ3n) is 5.10. The Bertz CT molecular complexity index is 852. The van der Waals surface area contributed by atoms with Crippen LogP contribution in [0.25, 0.3) is 0 Å². The molecule has 0 bridgehead atoms. The standard InChI is InChI=1S/C20H23N3O5S/c24-19(21-11-15-2-1-9-29-15)20(25)22-12-16(23-5-7-26-8-6-23)14-3-4-17-18(10-14)28-13-27-17/h1-4,9-10,16H,5-8,11-13H2,(H,21,24)(H,22,25)/p+1/t16-/m0/s1. The van der Waals surface area contributed by atoms with Crippen molar-refractivity contribution < 1.29 is 28.7 Å². The van der Waals surface area contributed by atoms with E-state index in [1.165, 1.54) is 16.2 Å². The van der Waals surface area contributed by atoms with Crippen molar-refractivity contribution in [2.45, 2.75) is 12.6 Å². The maximum Gasteiger partial charge on any atom is 0.309 e. The number of morpholine rings is 1. The zero-order valence-electron chi connectivity index (χ0n) is 15.9. The summed E-state index contributed by atoms with van der Waals surface area (Å²) in [5, 5.41) is 7.39. The highest BCUT2D eigenvalue weighted by atomic mass is 32.1. The van der Waals surface area contributed by atoms with Gasteiger partial charge in [0.15, 0.2) is 11.5 Å². The molecule has 1 saturated heterocycles. The summed E-state index contributed by atoms with van der Waals surface area (Å²) in [6.45, 7) is 3.93. The SMILES string of the molecule is O=C(NCc1cccs1)C(=O)NC[C@@H](c1ccc2c(c1)OCO2)[NH+]1CCOCC1. The van der Waals surface area contributed by atoms with E-state index in [4.69, 9.17) is 14.2 Å². The van der Waals surface area contributed by atoms with Crippen LogP contribution in [0.1, 0.15) is 16.5 Å². The van der Waals surface area contributed by atoms with E-state index in [1.807, 2.05) is 35.7 Å². The summed E-state index contributed by atoms with van der Waals surface area (Å²) >= 11 is 1.54. The molecule has 1 aromatic heterocycles. The smallest absolute Gasteiger partial charge is 0.309 e. The molecule has 3 N–H and O–H groups in total. The molecule has 0 aliphatic carbocycles. The lowest BCUT2D eigenvalue weighted by Gasteiger charge is -2.32. The van der Waals surface area contributed by atoms with Crippen LogP contribution >= 0.6 is 11.3 Å². The van der Waals surface area contributed by atoms with Crippen LogP contribution in [-0.4, -0.2) is 51.5 Å². The Balaban J connectivity index is 1.40. The van der Waals surface area contributed by atoms with Gasteiger partial charge in [0.05, 0.1) is 26.3 Å². The van der Waals surface area contributed by atoms with Crippen molar-refractivity contribution in [2.24, 2.45) is 0 Å². The van der Waals surface area contributed by atoms with E-state index in [2.05, 4.69) is 10.6 Å². The number of fused-ring (bicyclic) bond motifs is 1. The number of hydrogen-bond acceptors (Lipinski definition) is 6. The van der Waals surface area contributed by atoms with Gasteiger partial charge in [-0.1, -0.05) is 6.07 Å². The Labute approximate surface area is 172 Å². The summed E-state index contributed by atoms with van der Waals surface area (Å²) < 4.78 is 16.4. The van der Waals surface area contributed by atoms with Crippen molar-refractivity contribution in [2.75, 3.05) is 39.6 Å². The van der Waals surface area contributed by atoms with E-state index < -0.39 is 11.8 Å². The van der Waals surface area contributed by atoms with E-state index in [0.717, 1.165) is 29.3 Å². The average molecular weight is 418 g/mol. The molecule has 29 heavy (non-hydrogen) atoms. The first-order valence-corrected chi connectivity index (χ1v) is 10.5. The van der Waals surface area contributed by atoms with Gasteiger partial charge in [-0.25, -0.2) is 0 Å². The number of nitrogens with one attached hydrogen (secondary N) is 3. The van der Waals surface area contributed by atoms with Gasteiger partial charge in [-0.2, -0.15) is 0 Å². The van der Waals surface area contributed by atoms with E-state index in [-0.39, 0.29) is 12.8 Å². The van der Waals surface area contributed by atoms with E-state index in [9.17, 15) is 9.59 Å². The van der Waals surface area contributed by atoms with Gasteiger partial charge in [-0.05, 0) is 29.6 Å². The Morgan fingerprint density at radius 1 is 1.07 bits per heavy atom. The Kier molecular flexibility index (Phi) is 6.28. The number of quaternary nitrogens is 1. The summed E-state index contributed by atoms with van der Waals surface area (Å²) in [6, 6.07) is 9.65. The van der Waals surface area contributed by atoms with Crippen LogP contribution < -0.4 is 25.0 Å². The molecular formula is C20H24N3O5S+. The third-order valence-corrected chi connectivity index (χ3v) is 5.98. The van der Waals surface area contributed by atoms with Gasteiger partial charge >= 0.3 is 11.8 Å². The molecule has 1 atom stereocenters. The zero-order chi connectivity index (χ0) is 20.1. The van der Waals surface area contributed by atoms with Crippen molar-refractivity contribution >= 4 is 23.2 Å². The highest BCUT2D eigenvalue weighted by molar-refractivity contribution is 7.09. The predicted octanol–water partition coefficient (Wildman–Crippen LogP) is -0.134. The molecule has 2 aliphatic heterocycles. The number of carbonyl (C=O) groups is 2. The molecule has 154 valence electrons. The summed E-state index contributed by atoms with van der Waals surface area (Å²) in [5.74, 6) is 0.182. The molecule has 8 nitrogen and oxygen atoms in total. The van der Waals surface area contributed by atoms with Gasteiger partial charge in [-0.15, -0.1) is 11.3 Å². The van der Waals surface area contributed by atoms with Crippen LogP contribution in [0.15, 0.2) is 35.7 Å². The Morgan fingerprint density at radius 3 is 2.66 bits per heavy atom. The van der Waals surface area contributed by atoms with E-state index in [0.29, 0.717) is 32.1 Å². The van der Waals surface area contributed by atoms with Gasteiger partial charge < -0.3 is 29.7 Å². The number of ether oxygens (including phenoxy) is 3. The summed E-state index contributed by atoms with van der Waals surface area (Å²) in [4.78, 5) is 26.7. The zero-order valence-corrected chi connectivity index (χ0v) is 16.8. The topological polar surface area (TPSA) is 90.3 Å². The number of thiophene rings is 1. The Morgan fingerprint density at radius 2 is 1.86 bits per heavy atom. The predicted molar refractivity (Wildman–Crippen MR) is 106 cm³/mol. The first-order valence-electron chi connectivity index (χ1n) is 9.61. The minimum Gasteiger partial charge on any atom is -0.454 e. The second kappa shape index (κ2) is 9.25. The second-order valence-electron chi connectivity index (χ2n) is 6.91. The van der Waals surface area contributed by atoms with Gasteiger partial charge in [-0.3, -0.25) is 9.59 Å². The molecular weight excluding hydrogens is 394 g/mol. The maximum atomic E-state index is 12.3. The van der Waals surface area contributed by atoms with Crippen LogP contribution in [0, 0.1) is 0 Å². The van der Waals surface area contributed by atoms with E-state index >= 15 is 0 Å². The van der Waals surface area contributed by atoms with Crippen LogP contribution in [0.3, 0.4) is 0 Å². The lowest BCUT2D eigenvalue weighted by Crippen LogP contribution is -3.15. The minimum absolute atomic E-state index is 0.0116. The highest BCUT2D eigenvalue weighted by Gasteiger charge is 2.29. The molecule has 1 fully saturated rings. The first kappa shape index (κ1) is 19.7. The van der Waals surface area contributed by atoms with Crippen LogP contribution in [0.5, 0.6) is 11.5 Å². The van der Waals surface area contributed by atoms with Crippen molar-refractivity contribution in [1.29, 1.82) is 0 Å². The van der Waals surface area contributed by atoms with Crippen LogP contribution in [0.2, 0.25) is 0 Å². The first-order chi connectivity index (χ1) is 14.2.